The molecule has 2 heterocycles. The second-order valence-corrected chi connectivity index (χ2v) is 20.8. The van der Waals surface area contributed by atoms with Crippen molar-refractivity contribution < 1.29 is 64.6 Å². The van der Waals surface area contributed by atoms with Crippen molar-refractivity contribution in [2.24, 2.45) is 0 Å². The van der Waals surface area contributed by atoms with Crippen molar-refractivity contribution in [1.82, 2.24) is 5.32 Å². The molecule has 1 amide bonds. The number of allylic oxidation sites excluding steroid dienone is 4. The summed E-state index contributed by atoms with van der Waals surface area (Å²) < 4.78 is 22.7. The van der Waals surface area contributed by atoms with Gasteiger partial charge in [0.05, 0.1) is 32.0 Å². The molecule has 12 atom stereocenters. The molecular weight excluding hydrogens is 907 g/mol. The van der Waals surface area contributed by atoms with E-state index in [-0.39, 0.29) is 12.5 Å². The molecule has 0 spiro atoms. The molecule has 2 fully saturated rings. The van der Waals surface area contributed by atoms with Gasteiger partial charge in [0.15, 0.2) is 12.6 Å². The Balaban J connectivity index is 1.62. The topological polar surface area (TPSA) is 228 Å². The van der Waals surface area contributed by atoms with E-state index >= 15 is 0 Å². The number of aliphatic hydroxyl groups excluding tert-OH is 8. The van der Waals surface area contributed by atoms with Crippen LogP contribution in [0.4, 0.5) is 0 Å². The minimum atomic E-state index is -1.78. The van der Waals surface area contributed by atoms with Crippen molar-refractivity contribution in [1.29, 1.82) is 0 Å². The van der Waals surface area contributed by atoms with E-state index in [4.69, 9.17) is 18.9 Å². The zero-order valence-corrected chi connectivity index (χ0v) is 44.7. The maximum atomic E-state index is 13.2. The third-order valence-electron chi connectivity index (χ3n) is 14.4. The normalized spacial score (nSPS) is 25.9. The highest BCUT2D eigenvalue weighted by atomic mass is 16.7. The van der Waals surface area contributed by atoms with E-state index in [0.29, 0.717) is 12.8 Å². The van der Waals surface area contributed by atoms with E-state index in [0.717, 1.165) is 57.8 Å². The van der Waals surface area contributed by atoms with Crippen LogP contribution in [0.25, 0.3) is 0 Å². The first-order valence-corrected chi connectivity index (χ1v) is 29.1. The van der Waals surface area contributed by atoms with E-state index < -0.39 is 86.8 Å². The molecule has 0 aromatic heterocycles. The number of rotatable bonds is 46. The molecular formula is C57H107NO13. The average molecular weight is 1010 g/mol. The Hall–Kier alpha value is -1.53. The van der Waals surface area contributed by atoms with Crippen LogP contribution in [0.5, 0.6) is 0 Å². The first-order valence-electron chi connectivity index (χ1n) is 29.1. The standard InChI is InChI=1S/C57H107NO13/c1-3-5-7-9-11-13-14-15-16-17-18-19-20-21-22-23-24-25-26-27-28-29-30-31-32-33-35-37-39-41-49(62)58-45(46(61)40-38-36-34-12-10-8-6-4-2)44-68-56-54(67)52(65)55(48(43-60)70-56)71-57-53(66)51(64)50(63)47(42-59)69-57/h14-15,17-18,45-48,50-57,59-61,63-67H,3-13,16,19-44H2,1-2H3,(H,58,62)/b15-14-,18-17-. The fourth-order valence-corrected chi connectivity index (χ4v) is 9.68. The number of unbranched alkanes of at least 4 members (excludes halogenated alkanes) is 29. The van der Waals surface area contributed by atoms with Gasteiger partial charge in [-0.1, -0.05) is 212 Å². The molecule has 14 nitrogen and oxygen atoms in total. The third kappa shape index (κ3) is 30.0. The van der Waals surface area contributed by atoms with Crippen molar-refractivity contribution in [2.75, 3.05) is 19.8 Å². The van der Waals surface area contributed by atoms with Crippen LogP contribution in [0, 0.1) is 0 Å². The van der Waals surface area contributed by atoms with Crippen molar-refractivity contribution >= 4 is 5.91 Å². The second-order valence-electron chi connectivity index (χ2n) is 20.8. The summed E-state index contributed by atoms with van der Waals surface area (Å²) in [5, 5.41) is 86.8. The van der Waals surface area contributed by atoms with Crippen LogP contribution in [0.2, 0.25) is 0 Å². The van der Waals surface area contributed by atoms with Crippen molar-refractivity contribution in [3.8, 4) is 0 Å². The molecule has 0 aromatic carbocycles. The van der Waals surface area contributed by atoms with Gasteiger partial charge in [0, 0.05) is 6.42 Å². The third-order valence-corrected chi connectivity index (χ3v) is 14.4. The van der Waals surface area contributed by atoms with E-state index in [2.05, 4.69) is 43.5 Å². The number of carbonyl (C=O) groups is 1. The molecule has 14 heteroatoms. The number of ether oxygens (including phenoxy) is 4. The van der Waals surface area contributed by atoms with Gasteiger partial charge in [0.1, 0.15) is 48.8 Å². The smallest absolute Gasteiger partial charge is 0.220 e. The lowest BCUT2D eigenvalue weighted by atomic mass is 9.97. The Morgan fingerprint density at radius 3 is 1.41 bits per heavy atom. The van der Waals surface area contributed by atoms with Gasteiger partial charge < -0.3 is 65.1 Å². The highest BCUT2D eigenvalue weighted by Crippen LogP contribution is 2.30. The largest absolute Gasteiger partial charge is 0.394 e. The number of hydrogen-bond donors (Lipinski definition) is 9. The molecule has 71 heavy (non-hydrogen) atoms. The van der Waals surface area contributed by atoms with Crippen LogP contribution in [0.1, 0.15) is 239 Å². The van der Waals surface area contributed by atoms with Gasteiger partial charge in [-0.3, -0.25) is 4.79 Å². The SMILES string of the molecule is CCCCCCC/C=C\C/C=C\CCCCCCCCCCCCCCCCCCCC(=O)NC(COC1OC(CO)C(OC2OC(CO)C(O)C(O)C2O)C(O)C1O)C(O)CCCCCCCCCC. The maximum Gasteiger partial charge on any atom is 0.220 e. The molecule has 2 aliphatic heterocycles. The summed E-state index contributed by atoms with van der Waals surface area (Å²) in [6.45, 7) is 2.81. The van der Waals surface area contributed by atoms with Crippen LogP contribution in [0.15, 0.2) is 24.3 Å². The van der Waals surface area contributed by atoms with Crippen molar-refractivity contribution in [3.63, 3.8) is 0 Å². The summed E-state index contributed by atoms with van der Waals surface area (Å²) >= 11 is 0. The van der Waals surface area contributed by atoms with Gasteiger partial charge in [-0.15, -0.1) is 0 Å². The van der Waals surface area contributed by atoms with E-state index in [1.807, 2.05) is 0 Å². The lowest BCUT2D eigenvalue weighted by molar-refractivity contribution is -0.359. The molecule has 0 aromatic rings. The van der Waals surface area contributed by atoms with E-state index in [9.17, 15) is 45.6 Å². The second kappa shape index (κ2) is 43.7. The summed E-state index contributed by atoms with van der Waals surface area (Å²) in [6, 6.07) is -0.823. The van der Waals surface area contributed by atoms with Crippen LogP contribution in [0.3, 0.4) is 0 Å². The lowest BCUT2D eigenvalue weighted by Crippen LogP contribution is -2.65. The Kier molecular flexibility index (Phi) is 40.4. The summed E-state index contributed by atoms with van der Waals surface area (Å²) in [5.74, 6) is -0.208. The Morgan fingerprint density at radius 1 is 0.507 bits per heavy atom. The summed E-state index contributed by atoms with van der Waals surface area (Å²) in [5.41, 5.74) is 0. The highest BCUT2D eigenvalue weighted by Gasteiger charge is 2.51. The zero-order chi connectivity index (χ0) is 51.7. The highest BCUT2D eigenvalue weighted by molar-refractivity contribution is 5.76. The molecule has 9 N–H and O–H groups in total. The van der Waals surface area contributed by atoms with Crippen molar-refractivity contribution in [3.05, 3.63) is 24.3 Å². The van der Waals surface area contributed by atoms with Gasteiger partial charge in [-0.25, -0.2) is 0 Å². The summed E-state index contributed by atoms with van der Waals surface area (Å²) in [7, 11) is 0. The molecule has 0 bridgehead atoms. The average Bonchev–Trinajstić information content (AvgIpc) is 3.37. The minimum absolute atomic E-state index is 0.208. The molecule has 0 radical (unpaired) electrons. The number of carbonyl (C=O) groups excluding carboxylic acids is 1. The van der Waals surface area contributed by atoms with Gasteiger partial charge in [-0.2, -0.15) is 0 Å². The number of hydrogen-bond acceptors (Lipinski definition) is 13. The van der Waals surface area contributed by atoms with Gasteiger partial charge in [-0.05, 0) is 44.9 Å². The van der Waals surface area contributed by atoms with Gasteiger partial charge in [0.2, 0.25) is 5.91 Å². The van der Waals surface area contributed by atoms with Crippen LogP contribution >= 0.6 is 0 Å². The maximum absolute atomic E-state index is 13.2. The molecule has 2 saturated heterocycles. The van der Waals surface area contributed by atoms with E-state index in [1.165, 1.54) is 154 Å². The predicted molar refractivity (Wildman–Crippen MR) is 282 cm³/mol. The van der Waals surface area contributed by atoms with Gasteiger partial charge in [0.25, 0.3) is 0 Å². The molecule has 0 saturated carbocycles. The minimum Gasteiger partial charge on any atom is -0.394 e. The fraction of sp³-hybridized carbons (Fsp3) is 0.912. The predicted octanol–water partition coefficient (Wildman–Crippen LogP) is 9.28. The lowest BCUT2D eigenvalue weighted by Gasteiger charge is -2.46. The van der Waals surface area contributed by atoms with Crippen molar-refractivity contribution in [2.45, 2.75) is 312 Å². The summed E-state index contributed by atoms with van der Waals surface area (Å²) in [4.78, 5) is 13.2. The molecule has 0 aliphatic carbocycles. The van der Waals surface area contributed by atoms with Crippen LogP contribution < -0.4 is 5.32 Å². The monoisotopic (exact) mass is 1010 g/mol. The van der Waals surface area contributed by atoms with Crippen LogP contribution in [-0.4, -0.2) is 140 Å². The summed E-state index contributed by atoms with van der Waals surface area (Å²) in [6.07, 6.45) is 33.6. The van der Waals surface area contributed by atoms with Crippen LogP contribution in [-0.2, 0) is 23.7 Å². The fourth-order valence-electron chi connectivity index (χ4n) is 9.68. The molecule has 418 valence electrons. The first-order chi connectivity index (χ1) is 34.6. The zero-order valence-electron chi connectivity index (χ0n) is 44.7. The van der Waals surface area contributed by atoms with E-state index in [1.54, 1.807) is 0 Å². The molecule has 2 aliphatic rings. The number of aliphatic hydroxyl groups is 8. The Morgan fingerprint density at radius 2 is 0.930 bits per heavy atom. The van der Waals surface area contributed by atoms with Gasteiger partial charge >= 0.3 is 0 Å². The molecule has 2 rings (SSSR count). The Labute approximate surface area is 430 Å². The quantitative estimate of drug-likeness (QED) is 0.0205. The number of amides is 1. The Bertz CT molecular complexity index is 1290. The first kappa shape index (κ1) is 65.6. The number of nitrogens with one attached hydrogen (secondary N) is 1. The molecule has 12 unspecified atom stereocenters.